The average Bonchev–Trinajstić information content (AvgIpc) is 3.90. The van der Waals surface area contributed by atoms with E-state index >= 15 is 0 Å². The van der Waals surface area contributed by atoms with Crippen molar-refractivity contribution >= 4 is 36.0 Å². The largest absolute Gasteiger partial charge is 0.373 e. The molecule has 1 aliphatic heterocycles. The molecule has 0 bridgehead atoms. The maximum absolute atomic E-state index is 13.1. The zero-order valence-corrected chi connectivity index (χ0v) is 42.7. The molecular weight excluding hydrogens is 907 g/mol. The van der Waals surface area contributed by atoms with Crippen LogP contribution in [0.5, 0.6) is 0 Å². The highest BCUT2D eigenvalue weighted by Gasteiger charge is 2.48. The Bertz CT molecular complexity index is 3490. The monoisotopic (exact) mass is 965 g/mol. The van der Waals surface area contributed by atoms with Crippen LogP contribution in [0.4, 0.5) is 0 Å². The standard InChI is InChI=1S/C30H36N6O2Si.C25H23N5O2/c1-18-25(19(2)38-35-18)21-16-22(26-23(17-21)33-27(34-26)20-11-12-20)30(37,24-10-8-9-13-31-24)28-32-14-15-36(28)39(6,7)29(3,4)5;1-14-22(15(2)32-30-14)17-12-18(23-19(13-17)28-24(29-23)16-8-9-16)25(31,21-7-5-11-27-21)20-6-3-4-10-26-20/h8-10,13-17,20,37H,11-12H2,1-7H3,(H,33,34);3-6,10-13,16,31H,7-9H2,1-2H3,(H,28,29). The Balaban J connectivity index is 0.000000157. The number of aliphatic hydroxyl groups is 2. The van der Waals surface area contributed by atoms with Crippen molar-refractivity contribution in [3.05, 3.63) is 161 Å². The number of nitrogens with one attached hydrogen (secondary N) is 2. The van der Waals surface area contributed by atoms with Gasteiger partial charge in [-0.05, 0) is 118 Å². The van der Waals surface area contributed by atoms with Crippen molar-refractivity contribution in [1.82, 2.24) is 49.4 Å². The molecule has 0 saturated heterocycles. The van der Waals surface area contributed by atoms with Gasteiger partial charge < -0.3 is 33.5 Å². The number of rotatable bonds is 11. The number of benzene rings is 2. The van der Waals surface area contributed by atoms with Crippen molar-refractivity contribution < 1.29 is 19.3 Å². The van der Waals surface area contributed by atoms with E-state index in [0.717, 1.165) is 105 Å². The van der Waals surface area contributed by atoms with Gasteiger partial charge in [-0.15, -0.1) is 0 Å². The normalized spacial score (nSPS) is 16.8. The number of hydrogen-bond acceptors (Lipinski definition) is 12. The van der Waals surface area contributed by atoms with Crippen LogP contribution in [0.15, 0.2) is 112 Å². The van der Waals surface area contributed by atoms with Crippen LogP contribution in [0, 0.1) is 27.7 Å². The zero-order valence-electron chi connectivity index (χ0n) is 41.7. The molecule has 9 aromatic rings. The molecule has 2 unspecified atom stereocenters. The van der Waals surface area contributed by atoms with E-state index in [4.69, 9.17) is 29.0 Å². The van der Waals surface area contributed by atoms with Gasteiger partial charge in [-0.2, -0.15) is 0 Å². The summed E-state index contributed by atoms with van der Waals surface area (Å²) in [5, 5.41) is 33.8. The predicted molar refractivity (Wildman–Crippen MR) is 276 cm³/mol. The lowest BCUT2D eigenvalue weighted by atomic mass is 9.82. The van der Waals surface area contributed by atoms with E-state index in [1.54, 1.807) is 24.8 Å². The molecule has 16 heteroatoms. The molecule has 0 spiro atoms. The summed E-state index contributed by atoms with van der Waals surface area (Å²) >= 11 is 0. The number of aryl methyl sites for hydroxylation is 4. The van der Waals surface area contributed by atoms with E-state index in [1.807, 2.05) is 88.5 Å². The molecular formula is C55H59N11O4Si. The topological polar surface area (TPSA) is 206 Å². The van der Waals surface area contributed by atoms with Crippen LogP contribution in [-0.4, -0.2) is 73.6 Å². The van der Waals surface area contributed by atoms with Gasteiger partial charge in [0.25, 0.3) is 0 Å². The molecule has 2 aromatic carbocycles. The molecule has 362 valence electrons. The smallest absolute Gasteiger partial charge is 0.191 e. The van der Waals surface area contributed by atoms with Crippen LogP contribution >= 0.6 is 0 Å². The SMILES string of the molecule is Cc1noc(C)c1-c1cc(C(O)(C2=NC=CC2)c2ccccn2)c2nc(C3CC3)[nH]c2c1.Cc1noc(C)c1-c1cc(C(O)(c2ccccn2)c2nccn2[Si](C)(C)C(C)(C)C)c2nc(C3CC3)[nH]c2c1. The number of allylic oxidation sites excluding steroid dienone is 1. The maximum atomic E-state index is 13.1. The molecule has 4 N–H and O–H groups in total. The van der Waals surface area contributed by atoms with Crippen LogP contribution in [0.2, 0.25) is 18.1 Å². The van der Waals surface area contributed by atoms with Gasteiger partial charge in [0.1, 0.15) is 29.0 Å². The fraction of sp³-hybridized carbons (Fsp3) is 0.345. The quantitative estimate of drug-likeness (QED) is 0.0897. The second-order valence-electron chi connectivity index (χ2n) is 21.0. The molecule has 7 aromatic heterocycles. The maximum Gasteiger partial charge on any atom is 0.191 e. The first-order valence-electron chi connectivity index (χ1n) is 24.5. The van der Waals surface area contributed by atoms with Crippen molar-refractivity contribution in [2.75, 3.05) is 0 Å². The lowest BCUT2D eigenvalue weighted by Gasteiger charge is -2.41. The Hall–Kier alpha value is -7.14. The summed E-state index contributed by atoms with van der Waals surface area (Å²) in [6.07, 6.45) is 15.9. The molecule has 2 aliphatic carbocycles. The Labute approximate surface area is 412 Å². The summed E-state index contributed by atoms with van der Waals surface area (Å²) in [5.41, 5.74) is 8.23. The average molecular weight is 966 g/mol. The summed E-state index contributed by atoms with van der Waals surface area (Å²) in [5.74, 6) is 4.81. The van der Waals surface area contributed by atoms with Crippen LogP contribution in [-0.2, 0) is 11.2 Å². The first-order valence-corrected chi connectivity index (χ1v) is 27.4. The first-order chi connectivity index (χ1) is 34.0. The second-order valence-corrected chi connectivity index (χ2v) is 26.1. The highest BCUT2D eigenvalue weighted by atomic mass is 28.3. The predicted octanol–water partition coefficient (Wildman–Crippen LogP) is 11.1. The van der Waals surface area contributed by atoms with E-state index in [1.165, 1.54) is 0 Å². The lowest BCUT2D eigenvalue weighted by molar-refractivity contribution is 0.111. The number of aromatic amines is 2. The van der Waals surface area contributed by atoms with Crippen molar-refractivity contribution in [3.63, 3.8) is 0 Å². The minimum Gasteiger partial charge on any atom is -0.373 e. The number of nitrogens with zero attached hydrogens (tertiary/aromatic N) is 9. The Morgan fingerprint density at radius 1 is 0.662 bits per heavy atom. The van der Waals surface area contributed by atoms with E-state index in [-0.39, 0.29) is 5.04 Å². The number of hydrogen-bond donors (Lipinski definition) is 4. The molecule has 8 heterocycles. The number of aliphatic imine (C=N–C) groups is 1. The summed E-state index contributed by atoms with van der Waals surface area (Å²) in [4.78, 5) is 35.7. The summed E-state index contributed by atoms with van der Waals surface area (Å²) in [6.45, 7) is 19.1. The molecule has 15 nitrogen and oxygen atoms in total. The fourth-order valence-corrected chi connectivity index (χ4v) is 11.9. The van der Waals surface area contributed by atoms with Crippen LogP contribution in [0.3, 0.4) is 0 Å². The van der Waals surface area contributed by atoms with Crippen molar-refractivity contribution in [3.8, 4) is 22.3 Å². The zero-order chi connectivity index (χ0) is 49.6. The summed E-state index contributed by atoms with van der Waals surface area (Å²) in [6, 6.07) is 19.4. The molecule has 0 amide bonds. The third-order valence-corrected chi connectivity index (χ3v) is 20.3. The molecule has 12 rings (SSSR count). The third-order valence-electron chi connectivity index (χ3n) is 15.1. The van der Waals surface area contributed by atoms with Gasteiger partial charge in [-0.25, -0.2) is 15.0 Å². The van der Waals surface area contributed by atoms with E-state index in [9.17, 15) is 10.2 Å². The summed E-state index contributed by atoms with van der Waals surface area (Å²) in [7, 11) is -2.19. The number of fused-ring (bicyclic) bond motifs is 2. The van der Waals surface area contributed by atoms with Gasteiger partial charge in [-0.1, -0.05) is 62.4 Å². The summed E-state index contributed by atoms with van der Waals surface area (Å²) < 4.78 is 13.2. The van der Waals surface area contributed by atoms with Crippen molar-refractivity contribution in [2.45, 2.75) is 122 Å². The van der Waals surface area contributed by atoms with E-state index in [2.05, 4.69) is 80.5 Å². The molecule has 3 aliphatic rings. The van der Waals surface area contributed by atoms with Crippen LogP contribution < -0.4 is 0 Å². The van der Waals surface area contributed by atoms with Crippen molar-refractivity contribution in [2.24, 2.45) is 4.99 Å². The van der Waals surface area contributed by atoms with Gasteiger partial charge in [0.15, 0.2) is 19.4 Å². The minimum absolute atomic E-state index is 0.00676. The molecule has 2 fully saturated rings. The Morgan fingerprint density at radius 3 is 1.59 bits per heavy atom. The van der Waals surface area contributed by atoms with E-state index in [0.29, 0.717) is 52.3 Å². The number of H-pyrrole nitrogens is 2. The van der Waals surface area contributed by atoms with Gasteiger partial charge >= 0.3 is 0 Å². The van der Waals surface area contributed by atoms with Crippen LogP contribution in [0.25, 0.3) is 44.3 Å². The Morgan fingerprint density at radius 2 is 1.17 bits per heavy atom. The van der Waals surface area contributed by atoms with Crippen LogP contribution in [0.1, 0.15) is 128 Å². The minimum atomic E-state index is -2.19. The molecule has 2 saturated carbocycles. The van der Waals surface area contributed by atoms with Gasteiger partial charge in [0.05, 0.1) is 50.6 Å². The van der Waals surface area contributed by atoms with E-state index < -0.39 is 19.4 Å². The molecule has 0 radical (unpaired) electrons. The number of imidazole rings is 3. The van der Waals surface area contributed by atoms with Gasteiger partial charge in [-0.3, -0.25) is 15.0 Å². The lowest BCUT2D eigenvalue weighted by Crippen LogP contribution is -2.49. The molecule has 71 heavy (non-hydrogen) atoms. The number of aromatic nitrogens is 10. The third kappa shape index (κ3) is 7.79. The number of pyridine rings is 2. The Kier molecular flexibility index (Phi) is 11.1. The van der Waals surface area contributed by atoms with Crippen molar-refractivity contribution in [1.29, 1.82) is 0 Å². The highest BCUT2D eigenvalue weighted by Crippen LogP contribution is 2.47. The van der Waals surface area contributed by atoms with Gasteiger partial charge in [0, 0.05) is 71.5 Å². The first kappa shape index (κ1) is 46.3. The molecule has 2 atom stereocenters. The fourth-order valence-electron chi connectivity index (χ4n) is 9.96. The second kappa shape index (κ2) is 17.0. The highest BCUT2D eigenvalue weighted by molar-refractivity contribution is 6.78. The van der Waals surface area contributed by atoms with Gasteiger partial charge in [0.2, 0.25) is 0 Å².